The Kier molecular flexibility index (Phi) is 7.81. The number of hydrogen-bond acceptors (Lipinski definition) is 2. The Morgan fingerprint density at radius 2 is 2.04 bits per heavy atom. The zero-order valence-electron chi connectivity index (χ0n) is 14.8. The third-order valence-electron chi connectivity index (χ3n) is 5.34. The largest absolute Gasteiger partial charge is 0.370 e. The third-order valence-corrected chi connectivity index (χ3v) is 5.34. The summed E-state index contributed by atoms with van der Waals surface area (Å²) >= 11 is 0. The van der Waals surface area contributed by atoms with Crippen LogP contribution in [0.25, 0.3) is 0 Å². The van der Waals surface area contributed by atoms with E-state index in [0.717, 1.165) is 25.0 Å². The summed E-state index contributed by atoms with van der Waals surface area (Å²) in [5.41, 5.74) is 2.95. The normalized spacial score (nSPS) is 21.7. The van der Waals surface area contributed by atoms with Gasteiger partial charge in [-0.3, -0.25) is 0 Å². The van der Waals surface area contributed by atoms with E-state index in [9.17, 15) is 4.79 Å². The number of benzene rings is 1. The van der Waals surface area contributed by atoms with Crippen LogP contribution in [0.5, 0.6) is 0 Å². The van der Waals surface area contributed by atoms with Gasteiger partial charge in [0.15, 0.2) is 0 Å². The summed E-state index contributed by atoms with van der Waals surface area (Å²) in [7, 11) is 0. The van der Waals surface area contributed by atoms with Gasteiger partial charge in [0.2, 0.25) is 0 Å². The molecule has 1 aromatic carbocycles. The molecule has 1 aromatic rings. The Morgan fingerprint density at radius 3 is 2.78 bits per heavy atom. The van der Waals surface area contributed by atoms with E-state index in [2.05, 4.69) is 38.1 Å². The summed E-state index contributed by atoms with van der Waals surface area (Å²) in [6.45, 7) is 4.82. The highest BCUT2D eigenvalue weighted by Crippen LogP contribution is 2.41. The van der Waals surface area contributed by atoms with Gasteiger partial charge in [0.05, 0.1) is 6.10 Å². The van der Waals surface area contributed by atoms with Crippen LogP contribution in [0.2, 0.25) is 0 Å². The number of ether oxygens (including phenoxy) is 1. The lowest BCUT2D eigenvalue weighted by Crippen LogP contribution is -2.29. The Balaban J connectivity index is 2.08. The Bertz CT molecular complexity index is 469. The molecule has 0 saturated heterocycles. The van der Waals surface area contributed by atoms with Gasteiger partial charge in [0.25, 0.3) is 0 Å². The van der Waals surface area contributed by atoms with E-state index in [-0.39, 0.29) is 12.7 Å². The van der Waals surface area contributed by atoms with Gasteiger partial charge in [-0.15, -0.1) is 0 Å². The number of carbonyl (C=O) groups is 1. The van der Waals surface area contributed by atoms with Crippen molar-refractivity contribution in [3.8, 4) is 0 Å². The van der Waals surface area contributed by atoms with Gasteiger partial charge in [0.1, 0.15) is 12.9 Å². The molecule has 0 radical (unpaired) electrons. The Hall–Kier alpha value is -1.15. The molecular weight excluding hydrogens is 284 g/mol. The second-order valence-electron chi connectivity index (χ2n) is 6.88. The van der Waals surface area contributed by atoms with Gasteiger partial charge >= 0.3 is 0 Å². The molecule has 2 nitrogen and oxygen atoms in total. The van der Waals surface area contributed by atoms with Crippen LogP contribution >= 0.6 is 0 Å². The van der Waals surface area contributed by atoms with Crippen molar-refractivity contribution in [2.75, 3.05) is 6.61 Å². The lowest BCUT2D eigenvalue weighted by atomic mass is 9.72. The van der Waals surface area contributed by atoms with Crippen LogP contribution in [0.3, 0.4) is 0 Å². The average molecular weight is 316 g/mol. The molecule has 0 N–H and O–H groups in total. The molecule has 1 aliphatic carbocycles. The monoisotopic (exact) mass is 316 g/mol. The topological polar surface area (TPSA) is 26.3 Å². The minimum absolute atomic E-state index is 0.199. The predicted molar refractivity (Wildman–Crippen MR) is 95.8 cm³/mol. The van der Waals surface area contributed by atoms with Crippen molar-refractivity contribution in [3.63, 3.8) is 0 Å². The molecule has 0 fully saturated rings. The molecule has 0 aliphatic heterocycles. The van der Waals surface area contributed by atoms with Crippen molar-refractivity contribution < 1.29 is 9.53 Å². The van der Waals surface area contributed by atoms with Crippen molar-refractivity contribution in [1.82, 2.24) is 0 Å². The number of aldehydes is 1. The summed E-state index contributed by atoms with van der Waals surface area (Å²) in [6, 6.07) is 8.84. The molecule has 128 valence electrons. The molecule has 0 heterocycles. The Labute approximate surface area is 141 Å². The summed E-state index contributed by atoms with van der Waals surface area (Å²) in [5.74, 6) is 1.32. The average Bonchev–Trinajstić information content (AvgIpc) is 2.59. The highest BCUT2D eigenvalue weighted by molar-refractivity contribution is 5.50. The number of hydrogen-bond donors (Lipinski definition) is 0. The second-order valence-corrected chi connectivity index (χ2v) is 6.88. The molecule has 2 heteroatoms. The lowest BCUT2D eigenvalue weighted by molar-refractivity contribution is -0.114. The summed E-state index contributed by atoms with van der Waals surface area (Å²) < 4.78 is 5.79. The quantitative estimate of drug-likeness (QED) is 0.432. The number of carbonyl (C=O) groups excluding carboxylic acids is 1. The van der Waals surface area contributed by atoms with E-state index in [1.807, 2.05) is 0 Å². The standard InChI is InChI=1S/C21H32O2/c1-3-5-6-7-10-17(4-2)21-16-19(23-14-13-22)15-18-11-8-9-12-20(18)21/h8-9,11-13,17,19,21H,3-7,10,14-16H2,1-2H3/t17?,19?,21-/m0/s1. The zero-order chi connectivity index (χ0) is 16.5. The maximum Gasteiger partial charge on any atom is 0.145 e. The number of fused-ring (bicyclic) bond motifs is 1. The first-order valence-electron chi connectivity index (χ1n) is 9.43. The molecule has 23 heavy (non-hydrogen) atoms. The highest BCUT2D eigenvalue weighted by atomic mass is 16.5. The van der Waals surface area contributed by atoms with Crippen LogP contribution in [0.1, 0.15) is 75.8 Å². The van der Waals surface area contributed by atoms with Crippen LogP contribution in [0.15, 0.2) is 24.3 Å². The van der Waals surface area contributed by atoms with Crippen molar-refractivity contribution in [1.29, 1.82) is 0 Å². The first-order valence-corrected chi connectivity index (χ1v) is 9.43. The van der Waals surface area contributed by atoms with Gasteiger partial charge in [-0.2, -0.15) is 0 Å². The van der Waals surface area contributed by atoms with Crippen LogP contribution in [-0.2, 0) is 16.0 Å². The lowest BCUT2D eigenvalue weighted by Gasteiger charge is -2.36. The minimum Gasteiger partial charge on any atom is -0.370 e. The summed E-state index contributed by atoms with van der Waals surface area (Å²) in [4.78, 5) is 10.6. The molecule has 0 amide bonds. The van der Waals surface area contributed by atoms with E-state index in [4.69, 9.17) is 4.74 Å². The van der Waals surface area contributed by atoms with Gasteiger partial charge in [-0.05, 0) is 42.2 Å². The van der Waals surface area contributed by atoms with E-state index >= 15 is 0 Å². The van der Waals surface area contributed by atoms with Crippen LogP contribution in [-0.4, -0.2) is 19.0 Å². The van der Waals surface area contributed by atoms with Crippen molar-refractivity contribution in [2.24, 2.45) is 5.92 Å². The summed E-state index contributed by atoms with van der Waals surface area (Å²) in [5, 5.41) is 0. The van der Waals surface area contributed by atoms with Crippen molar-refractivity contribution in [2.45, 2.75) is 77.2 Å². The van der Waals surface area contributed by atoms with E-state index in [0.29, 0.717) is 5.92 Å². The summed E-state index contributed by atoms with van der Waals surface area (Å²) in [6.07, 6.45) is 11.0. The van der Waals surface area contributed by atoms with Gasteiger partial charge < -0.3 is 9.53 Å². The molecule has 2 unspecified atom stereocenters. The molecule has 2 rings (SSSR count). The molecular formula is C21H32O2. The van der Waals surface area contributed by atoms with Crippen molar-refractivity contribution in [3.05, 3.63) is 35.4 Å². The first-order chi connectivity index (χ1) is 11.3. The fraction of sp³-hybridized carbons (Fsp3) is 0.667. The van der Waals surface area contributed by atoms with Crippen LogP contribution in [0, 0.1) is 5.92 Å². The number of rotatable bonds is 10. The highest BCUT2D eigenvalue weighted by Gasteiger charge is 2.31. The van der Waals surface area contributed by atoms with E-state index < -0.39 is 0 Å². The fourth-order valence-electron chi connectivity index (χ4n) is 4.09. The smallest absolute Gasteiger partial charge is 0.145 e. The van der Waals surface area contributed by atoms with Gasteiger partial charge in [-0.1, -0.05) is 70.2 Å². The van der Waals surface area contributed by atoms with E-state index in [1.165, 1.54) is 49.7 Å². The predicted octanol–water partition coefficient (Wildman–Crippen LogP) is 5.30. The Morgan fingerprint density at radius 1 is 1.22 bits per heavy atom. The zero-order valence-corrected chi connectivity index (χ0v) is 14.8. The van der Waals surface area contributed by atoms with Crippen LogP contribution in [0.4, 0.5) is 0 Å². The molecule has 1 aliphatic rings. The number of unbranched alkanes of at least 4 members (excludes halogenated alkanes) is 3. The minimum atomic E-state index is 0.199. The molecule has 0 aromatic heterocycles. The maximum atomic E-state index is 10.6. The second kappa shape index (κ2) is 9.87. The molecule has 0 saturated carbocycles. The fourth-order valence-corrected chi connectivity index (χ4v) is 4.09. The molecule has 0 spiro atoms. The van der Waals surface area contributed by atoms with Crippen LogP contribution < -0.4 is 0 Å². The SMILES string of the molecule is CCCCCCC(CC)[C@@H]1CC(OCC=O)Cc2ccccc21. The molecule has 0 bridgehead atoms. The first kappa shape index (κ1) is 18.2. The van der Waals surface area contributed by atoms with Gasteiger partial charge in [0, 0.05) is 0 Å². The van der Waals surface area contributed by atoms with E-state index in [1.54, 1.807) is 0 Å². The third kappa shape index (κ3) is 5.17. The maximum absolute atomic E-state index is 10.6. The van der Waals surface area contributed by atoms with Crippen molar-refractivity contribution >= 4 is 6.29 Å². The van der Waals surface area contributed by atoms with Gasteiger partial charge in [-0.25, -0.2) is 0 Å². The molecule has 3 atom stereocenters.